The van der Waals surface area contributed by atoms with Crippen molar-refractivity contribution in [3.8, 4) is 17.4 Å². The molecule has 1 aromatic heterocycles. The lowest BCUT2D eigenvalue weighted by Gasteiger charge is -2.01. The lowest BCUT2D eigenvalue weighted by atomic mass is 10.1. The molecule has 3 aromatic rings. The van der Waals surface area contributed by atoms with E-state index >= 15 is 0 Å². The summed E-state index contributed by atoms with van der Waals surface area (Å²) in [5.74, 6) is -0.415. The summed E-state index contributed by atoms with van der Waals surface area (Å²) in [4.78, 5) is 11.9. The number of amides is 1. The van der Waals surface area contributed by atoms with E-state index in [2.05, 4.69) is 26.5 Å². The predicted molar refractivity (Wildman–Crippen MR) is 98.0 cm³/mol. The van der Waals surface area contributed by atoms with Gasteiger partial charge < -0.3 is 4.42 Å². The highest BCUT2D eigenvalue weighted by Gasteiger charge is 2.11. The maximum Gasteiger partial charge on any atom is 0.274 e. The van der Waals surface area contributed by atoms with Crippen molar-refractivity contribution in [1.82, 2.24) is 5.43 Å². The van der Waals surface area contributed by atoms with Crippen LogP contribution in [-0.4, -0.2) is 12.1 Å². The van der Waals surface area contributed by atoms with Gasteiger partial charge in [-0.05, 0) is 42.5 Å². The van der Waals surface area contributed by atoms with E-state index in [-0.39, 0.29) is 11.1 Å². The minimum atomic E-state index is -0.785. The standard InChI is InChI=1S/C19H11BrFN3O2/c20-14-4-2-13(3-5-14)18-8-6-15(26-18)11-23-24-19(25)16-7-1-12(10-22)9-17(16)21/h1-9,11H,(H,24,25)/b23-11+. The summed E-state index contributed by atoms with van der Waals surface area (Å²) < 4.78 is 20.4. The molecular formula is C19H11BrFN3O2. The SMILES string of the molecule is N#Cc1ccc(C(=O)N/N=C/c2ccc(-c3ccc(Br)cc3)o2)c(F)c1. The number of carbonyl (C=O) groups excluding carboxylic acids is 1. The Morgan fingerprint density at radius 1 is 1.19 bits per heavy atom. The lowest BCUT2D eigenvalue weighted by Crippen LogP contribution is -2.19. The van der Waals surface area contributed by atoms with Gasteiger partial charge in [0.1, 0.15) is 17.3 Å². The molecule has 2 aromatic carbocycles. The normalized spacial score (nSPS) is 10.7. The molecule has 0 aliphatic rings. The van der Waals surface area contributed by atoms with Gasteiger partial charge in [-0.25, -0.2) is 9.82 Å². The summed E-state index contributed by atoms with van der Waals surface area (Å²) >= 11 is 3.37. The third-order valence-corrected chi connectivity index (χ3v) is 3.98. The lowest BCUT2D eigenvalue weighted by molar-refractivity contribution is 0.0951. The van der Waals surface area contributed by atoms with Crippen LogP contribution in [0.3, 0.4) is 0 Å². The summed E-state index contributed by atoms with van der Waals surface area (Å²) in [6.45, 7) is 0. The number of halogens is 2. The van der Waals surface area contributed by atoms with Gasteiger partial charge in [0.25, 0.3) is 5.91 Å². The summed E-state index contributed by atoms with van der Waals surface area (Å²) in [6.07, 6.45) is 1.32. The summed E-state index contributed by atoms with van der Waals surface area (Å²) in [5, 5.41) is 12.5. The van der Waals surface area contributed by atoms with Crippen molar-refractivity contribution in [3.05, 3.63) is 81.8 Å². The first-order valence-electron chi connectivity index (χ1n) is 7.45. The van der Waals surface area contributed by atoms with E-state index in [1.807, 2.05) is 24.3 Å². The van der Waals surface area contributed by atoms with Crippen LogP contribution < -0.4 is 5.43 Å². The summed E-state index contributed by atoms with van der Waals surface area (Å²) in [6, 6.07) is 16.5. The van der Waals surface area contributed by atoms with Crippen LogP contribution in [0, 0.1) is 17.1 Å². The highest BCUT2D eigenvalue weighted by molar-refractivity contribution is 9.10. The number of hydrazone groups is 1. The van der Waals surface area contributed by atoms with Gasteiger partial charge >= 0.3 is 0 Å². The minimum absolute atomic E-state index is 0.138. The van der Waals surface area contributed by atoms with Crippen LogP contribution in [-0.2, 0) is 0 Å². The Morgan fingerprint density at radius 3 is 2.65 bits per heavy atom. The Hall–Kier alpha value is -3.24. The van der Waals surface area contributed by atoms with Gasteiger partial charge in [0.15, 0.2) is 0 Å². The molecule has 3 rings (SSSR count). The van der Waals surface area contributed by atoms with Crippen molar-refractivity contribution in [2.45, 2.75) is 0 Å². The molecule has 1 N–H and O–H groups in total. The van der Waals surface area contributed by atoms with Gasteiger partial charge in [0, 0.05) is 10.0 Å². The quantitative estimate of drug-likeness (QED) is 0.507. The predicted octanol–water partition coefficient (Wildman–Crippen LogP) is 4.48. The van der Waals surface area contributed by atoms with Crippen molar-refractivity contribution in [3.63, 3.8) is 0 Å². The number of rotatable bonds is 4. The molecule has 0 aliphatic heterocycles. The zero-order chi connectivity index (χ0) is 18.5. The van der Waals surface area contributed by atoms with Gasteiger partial charge in [0.2, 0.25) is 0 Å². The van der Waals surface area contributed by atoms with Gasteiger partial charge in [-0.2, -0.15) is 10.4 Å². The first-order chi connectivity index (χ1) is 12.6. The maximum absolute atomic E-state index is 13.8. The third-order valence-electron chi connectivity index (χ3n) is 3.46. The van der Waals surface area contributed by atoms with E-state index in [0.29, 0.717) is 11.5 Å². The molecule has 0 radical (unpaired) electrons. The molecule has 26 heavy (non-hydrogen) atoms. The Labute approximate surface area is 156 Å². The van der Waals surface area contributed by atoms with Crippen molar-refractivity contribution in [1.29, 1.82) is 5.26 Å². The van der Waals surface area contributed by atoms with Crippen LogP contribution in [0.25, 0.3) is 11.3 Å². The Bertz CT molecular complexity index is 1020. The van der Waals surface area contributed by atoms with E-state index in [1.165, 1.54) is 18.3 Å². The number of carbonyl (C=O) groups is 1. The Balaban J connectivity index is 1.66. The molecule has 0 atom stereocenters. The van der Waals surface area contributed by atoms with E-state index in [9.17, 15) is 9.18 Å². The zero-order valence-electron chi connectivity index (χ0n) is 13.2. The fourth-order valence-corrected chi connectivity index (χ4v) is 2.44. The first kappa shape index (κ1) is 17.6. The Kier molecular flexibility index (Phi) is 5.25. The summed E-state index contributed by atoms with van der Waals surface area (Å²) in [7, 11) is 0. The topological polar surface area (TPSA) is 78.4 Å². The number of nitriles is 1. The highest BCUT2D eigenvalue weighted by Crippen LogP contribution is 2.23. The van der Waals surface area contributed by atoms with E-state index < -0.39 is 11.7 Å². The average molecular weight is 412 g/mol. The second-order valence-corrected chi connectivity index (χ2v) is 6.13. The Morgan fingerprint density at radius 2 is 1.96 bits per heavy atom. The van der Waals surface area contributed by atoms with Gasteiger partial charge in [-0.15, -0.1) is 0 Å². The monoisotopic (exact) mass is 411 g/mol. The molecule has 5 nitrogen and oxygen atoms in total. The van der Waals surface area contributed by atoms with E-state index in [1.54, 1.807) is 18.2 Å². The smallest absolute Gasteiger partial charge is 0.274 e. The summed E-state index contributed by atoms with van der Waals surface area (Å²) in [5.41, 5.74) is 3.06. The van der Waals surface area contributed by atoms with Crippen LogP contribution in [0.15, 0.2) is 68.6 Å². The van der Waals surface area contributed by atoms with Gasteiger partial charge in [-0.1, -0.05) is 28.1 Å². The van der Waals surface area contributed by atoms with E-state index in [0.717, 1.165) is 16.1 Å². The molecule has 0 saturated carbocycles. The van der Waals surface area contributed by atoms with Crippen molar-refractivity contribution in [2.75, 3.05) is 0 Å². The van der Waals surface area contributed by atoms with Gasteiger partial charge in [-0.3, -0.25) is 4.79 Å². The minimum Gasteiger partial charge on any atom is -0.455 e. The fraction of sp³-hybridized carbons (Fsp3) is 0. The number of hydrogen-bond donors (Lipinski definition) is 1. The largest absolute Gasteiger partial charge is 0.455 e. The van der Waals surface area contributed by atoms with Crippen LogP contribution in [0.4, 0.5) is 4.39 Å². The fourth-order valence-electron chi connectivity index (χ4n) is 2.18. The average Bonchev–Trinajstić information content (AvgIpc) is 3.11. The first-order valence-corrected chi connectivity index (χ1v) is 8.25. The van der Waals surface area contributed by atoms with Crippen molar-refractivity contribution < 1.29 is 13.6 Å². The van der Waals surface area contributed by atoms with Gasteiger partial charge in [0.05, 0.1) is 23.4 Å². The van der Waals surface area contributed by atoms with Crippen LogP contribution in [0.2, 0.25) is 0 Å². The highest BCUT2D eigenvalue weighted by atomic mass is 79.9. The molecule has 0 aliphatic carbocycles. The number of furan rings is 1. The second-order valence-electron chi connectivity index (χ2n) is 5.21. The van der Waals surface area contributed by atoms with Crippen LogP contribution >= 0.6 is 15.9 Å². The molecular weight excluding hydrogens is 401 g/mol. The van der Waals surface area contributed by atoms with E-state index in [4.69, 9.17) is 9.68 Å². The van der Waals surface area contributed by atoms with Crippen LogP contribution in [0.1, 0.15) is 21.7 Å². The molecule has 1 amide bonds. The molecule has 0 unspecified atom stereocenters. The molecule has 128 valence electrons. The number of hydrogen-bond acceptors (Lipinski definition) is 4. The molecule has 0 bridgehead atoms. The number of nitrogens with zero attached hydrogens (tertiary/aromatic N) is 2. The molecule has 0 saturated heterocycles. The maximum atomic E-state index is 13.8. The van der Waals surface area contributed by atoms with Crippen molar-refractivity contribution >= 4 is 28.1 Å². The second kappa shape index (κ2) is 7.76. The number of nitrogens with one attached hydrogen (secondary N) is 1. The molecule has 0 fully saturated rings. The van der Waals surface area contributed by atoms with Crippen molar-refractivity contribution in [2.24, 2.45) is 5.10 Å². The third kappa shape index (κ3) is 4.05. The molecule has 1 heterocycles. The number of benzene rings is 2. The molecule has 7 heteroatoms. The van der Waals surface area contributed by atoms with Crippen LogP contribution in [0.5, 0.6) is 0 Å². The molecule has 0 spiro atoms. The zero-order valence-corrected chi connectivity index (χ0v) is 14.8.